The molecule has 1 aliphatic heterocycles. The molecule has 2 aromatic rings. The molecule has 0 spiro atoms. The summed E-state index contributed by atoms with van der Waals surface area (Å²) >= 11 is 0. The van der Waals surface area contributed by atoms with Crippen molar-refractivity contribution in [3.8, 4) is 0 Å². The number of carboxylic acid groups (broad SMARTS) is 1. The van der Waals surface area contributed by atoms with E-state index in [1.165, 1.54) is 0 Å². The van der Waals surface area contributed by atoms with Gasteiger partial charge in [0.25, 0.3) is 5.91 Å². The maximum absolute atomic E-state index is 13.0. The van der Waals surface area contributed by atoms with Gasteiger partial charge in [-0.1, -0.05) is 12.1 Å². The number of anilines is 2. The fourth-order valence-corrected chi connectivity index (χ4v) is 3.63. The SMILES string of the molecule is Cc1ccc(N2CCC(O)CC2)cc1C(=O)Nc1c(C)ccc(C(=O)O)c1C. The number of rotatable bonds is 4. The molecule has 0 atom stereocenters. The highest BCUT2D eigenvalue weighted by molar-refractivity contribution is 6.07. The molecule has 28 heavy (non-hydrogen) atoms. The Labute approximate surface area is 164 Å². The van der Waals surface area contributed by atoms with Crippen molar-refractivity contribution in [3.63, 3.8) is 0 Å². The number of hydrogen-bond donors (Lipinski definition) is 3. The molecule has 6 nitrogen and oxygen atoms in total. The maximum Gasteiger partial charge on any atom is 0.336 e. The van der Waals surface area contributed by atoms with E-state index in [4.69, 9.17) is 0 Å². The van der Waals surface area contributed by atoms with Gasteiger partial charge in [-0.05, 0) is 68.5 Å². The summed E-state index contributed by atoms with van der Waals surface area (Å²) in [5.74, 6) is -1.27. The quantitative estimate of drug-likeness (QED) is 0.753. The first-order valence-corrected chi connectivity index (χ1v) is 9.46. The zero-order valence-electron chi connectivity index (χ0n) is 16.5. The van der Waals surface area contributed by atoms with Crippen LogP contribution in [0.5, 0.6) is 0 Å². The fourth-order valence-electron chi connectivity index (χ4n) is 3.63. The van der Waals surface area contributed by atoms with Crippen molar-refractivity contribution in [3.05, 3.63) is 58.1 Å². The molecule has 0 radical (unpaired) electrons. The summed E-state index contributed by atoms with van der Waals surface area (Å²) in [5, 5.41) is 22.0. The van der Waals surface area contributed by atoms with Gasteiger partial charge in [0.2, 0.25) is 0 Å². The van der Waals surface area contributed by atoms with E-state index in [9.17, 15) is 19.8 Å². The average Bonchev–Trinajstić information content (AvgIpc) is 2.65. The number of piperidine rings is 1. The highest BCUT2D eigenvalue weighted by atomic mass is 16.4. The molecule has 0 aromatic heterocycles. The third-order valence-electron chi connectivity index (χ3n) is 5.44. The molecule has 148 valence electrons. The van der Waals surface area contributed by atoms with Crippen LogP contribution >= 0.6 is 0 Å². The second kappa shape index (κ2) is 8.02. The second-order valence-corrected chi connectivity index (χ2v) is 7.41. The maximum atomic E-state index is 13.0. The van der Waals surface area contributed by atoms with Crippen molar-refractivity contribution < 1.29 is 19.8 Å². The molecule has 0 saturated carbocycles. The van der Waals surface area contributed by atoms with Gasteiger partial charge in [-0.3, -0.25) is 4.79 Å². The minimum Gasteiger partial charge on any atom is -0.478 e. The van der Waals surface area contributed by atoms with Gasteiger partial charge < -0.3 is 20.4 Å². The first-order chi connectivity index (χ1) is 13.3. The molecular formula is C22H26N2O4. The van der Waals surface area contributed by atoms with E-state index < -0.39 is 5.97 Å². The van der Waals surface area contributed by atoms with Crippen LogP contribution < -0.4 is 10.2 Å². The Balaban J connectivity index is 1.88. The largest absolute Gasteiger partial charge is 0.478 e. The van der Waals surface area contributed by atoms with Crippen LogP contribution in [-0.4, -0.2) is 41.3 Å². The van der Waals surface area contributed by atoms with Crippen molar-refractivity contribution in [2.45, 2.75) is 39.7 Å². The molecule has 1 aliphatic rings. The molecule has 1 fully saturated rings. The third kappa shape index (κ3) is 4.02. The Hall–Kier alpha value is -2.86. The van der Waals surface area contributed by atoms with Crippen molar-refractivity contribution >= 4 is 23.3 Å². The van der Waals surface area contributed by atoms with Crippen LogP contribution in [0.15, 0.2) is 30.3 Å². The van der Waals surface area contributed by atoms with Gasteiger partial charge in [-0.2, -0.15) is 0 Å². The number of aryl methyl sites for hydroxylation is 2. The zero-order valence-corrected chi connectivity index (χ0v) is 16.5. The first-order valence-electron chi connectivity index (χ1n) is 9.46. The van der Waals surface area contributed by atoms with E-state index in [2.05, 4.69) is 10.2 Å². The van der Waals surface area contributed by atoms with Gasteiger partial charge in [0.15, 0.2) is 0 Å². The van der Waals surface area contributed by atoms with Gasteiger partial charge in [0, 0.05) is 30.0 Å². The van der Waals surface area contributed by atoms with E-state index in [1.54, 1.807) is 19.1 Å². The summed E-state index contributed by atoms with van der Waals surface area (Å²) in [5.41, 5.74) is 4.44. The number of carboxylic acids is 1. The van der Waals surface area contributed by atoms with Crippen LogP contribution in [0.25, 0.3) is 0 Å². The smallest absolute Gasteiger partial charge is 0.336 e. The van der Waals surface area contributed by atoms with Crippen molar-refractivity contribution in [1.29, 1.82) is 0 Å². The van der Waals surface area contributed by atoms with E-state index in [0.717, 1.165) is 42.7 Å². The molecule has 0 aliphatic carbocycles. The minimum atomic E-state index is -1.02. The summed E-state index contributed by atoms with van der Waals surface area (Å²) in [6.07, 6.45) is 1.18. The van der Waals surface area contributed by atoms with Gasteiger partial charge in [-0.25, -0.2) is 4.79 Å². The summed E-state index contributed by atoms with van der Waals surface area (Å²) in [7, 11) is 0. The standard InChI is InChI=1S/C22H26N2O4/c1-13-4-6-16(24-10-8-17(25)9-11-24)12-19(13)21(26)23-20-14(2)5-7-18(15(20)3)22(27)28/h4-7,12,17,25H,8-11H2,1-3H3,(H,23,26)(H,27,28). The number of nitrogens with one attached hydrogen (secondary N) is 1. The molecule has 3 N–H and O–H groups in total. The molecule has 1 heterocycles. The number of benzene rings is 2. The number of amides is 1. The molecule has 0 bridgehead atoms. The molecule has 3 rings (SSSR count). The third-order valence-corrected chi connectivity index (χ3v) is 5.44. The zero-order chi connectivity index (χ0) is 20.4. The van der Waals surface area contributed by atoms with Crippen LogP contribution in [0.1, 0.15) is 50.2 Å². The highest BCUT2D eigenvalue weighted by Gasteiger charge is 2.20. The van der Waals surface area contributed by atoms with Crippen LogP contribution in [0.4, 0.5) is 11.4 Å². The number of carbonyl (C=O) groups is 2. The Kier molecular flexibility index (Phi) is 5.70. The normalized spacial score (nSPS) is 14.8. The van der Waals surface area contributed by atoms with Gasteiger partial charge >= 0.3 is 5.97 Å². The molecule has 1 saturated heterocycles. The van der Waals surface area contributed by atoms with Crippen LogP contribution in [0, 0.1) is 20.8 Å². The lowest BCUT2D eigenvalue weighted by Gasteiger charge is -2.31. The summed E-state index contributed by atoms with van der Waals surface area (Å²) in [4.78, 5) is 26.6. The number of nitrogens with zero attached hydrogens (tertiary/aromatic N) is 1. The van der Waals surface area contributed by atoms with E-state index in [-0.39, 0.29) is 17.6 Å². The number of hydrogen-bond acceptors (Lipinski definition) is 4. The molecule has 6 heteroatoms. The Morgan fingerprint density at radius 1 is 1.00 bits per heavy atom. The summed E-state index contributed by atoms with van der Waals surface area (Å²) < 4.78 is 0. The van der Waals surface area contributed by atoms with E-state index >= 15 is 0 Å². The number of carbonyl (C=O) groups excluding carboxylic acids is 1. The van der Waals surface area contributed by atoms with Crippen molar-refractivity contribution in [2.75, 3.05) is 23.3 Å². The Morgan fingerprint density at radius 3 is 2.29 bits per heavy atom. The van der Waals surface area contributed by atoms with Gasteiger partial charge in [0.05, 0.1) is 11.7 Å². The molecule has 1 amide bonds. The van der Waals surface area contributed by atoms with Crippen LogP contribution in [0.3, 0.4) is 0 Å². The number of aliphatic hydroxyl groups excluding tert-OH is 1. The Bertz CT molecular complexity index is 915. The van der Waals surface area contributed by atoms with Crippen LogP contribution in [-0.2, 0) is 0 Å². The average molecular weight is 382 g/mol. The molecule has 0 unspecified atom stereocenters. The number of aliphatic hydroxyl groups is 1. The van der Waals surface area contributed by atoms with Crippen molar-refractivity contribution in [2.24, 2.45) is 0 Å². The Morgan fingerprint density at radius 2 is 1.64 bits per heavy atom. The fraction of sp³-hybridized carbons (Fsp3) is 0.364. The van der Waals surface area contributed by atoms with Crippen LogP contribution in [0.2, 0.25) is 0 Å². The molecule has 2 aromatic carbocycles. The minimum absolute atomic E-state index is 0.179. The van der Waals surface area contributed by atoms with Gasteiger partial charge in [-0.15, -0.1) is 0 Å². The monoisotopic (exact) mass is 382 g/mol. The number of aromatic carboxylic acids is 1. The lowest BCUT2D eigenvalue weighted by molar-refractivity contribution is 0.0695. The second-order valence-electron chi connectivity index (χ2n) is 7.41. The predicted octanol–water partition coefficient (Wildman–Crippen LogP) is 3.52. The topological polar surface area (TPSA) is 89.9 Å². The summed E-state index contributed by atoms with van der Waals surface area (Å²) in [6.45, 7) is 6.94. The highest BCUT2D eigenvalue weighted by Crippen LogP contribution is 2.27. The van der Waals surface area contributed by atoms with Crippen molar-refractivity contribution in [1.82, 2.24) is 0 Å². The molecular weight excluding hydrogens is 356 g/mol. The lowest BCUT2D eigenvalue weighted by Crippen LogP contribution is -2.35. The lowest BCUT2D eigenvalue weighted by atomic mass is 10.0. The van der Waals surface area contributed by atoms with E-state index in [0.29, 0.717) is 16.8 Å². The predicted molar refractivity (Wildman–Crippen MR) is 109 cm³/mol. The van der Waals surface area contributed by atoms with E-state index in [1.807, 2.05) is 32.0 Å². The van der Waals surface area contributed by atoms with Gasteiger partial charge in [0.1, 0.15) is 0 Å². The first kappa shape index (κ1) is 19.9. The summed E-state index contributed by atoms with van der Waals surface area (Å²) in [6, 6.07) is 9.04.